The molecule has 0 radical (unpaired) electrons. The predicted molar refractivity (Wildman–Crippen MR) is 132 cm³/mol. The van der Waals surface area contributed by atoms with E-state index in [1.807, 2.05) is 43.9 Å². The molecule has 180 valence electrons. The van der Waals surface area contributed by atoms with Crippen LogP contribution in [0.5, 0.6) is 0 Å². The Morgan fingerprint density at radius 2 is 1.82 bits per heavy atom. The number of amides is 1. The number of hydrogen-bond donors (Lipinski definition) is 1. The van der Waals surface area contributed by atoms with Gasteiger partial charge >= 0.3 is 0 Å². The highest BCUT2D eigenvalue weighted by molar-refractivity contribution is 8.00. The largest absolute Gasteiger partial charge is 0.356 e. The van der Waals surface area contributed by atoms with Gasteiger partial charge in [-0.3, -0.25) is 9.69 Å². The number of nitrogens with zero attached hydrogens (tertiary/aromatic N) is 3. The van der Waals surface area contributed by atoms with Crippen molar-refractivity contribution >= 4 is 26.7 Å². The minimum atomic E-state index is -3.73. The molecule has 0 spiro atoms. The summed E-state index contributed by atoms with van der Waals surface area (Å²) in [6.45, 7) is 12.2. The van der Waals surface area contributed by atoms with E-state index < -0.39 is 10.0 Å². The SMILES string of the molecule is CCN1CCCC1CNC(=O)C1CCN(C2=NS(=O)(=O)C(c3ccc(C)c(C)c3)=C2C)CC1. The molecule has 0 bridgehead atoms. The zero-order chi connectivity index (χ0) is 23.8. The summed E-state index contributed by atoms with van der Waals surface area (Å²) in [7, 11) is -3.73. The topological polar surface area (TPSA) is 82.1 Å². The molecule has 1 amide bonds. The molecule has 0 aliphatic carbocycles. The highest BCUT2D eigenvalue weighted by Gasteiger charge is 2.36. The number of likely N-dealkylation sites (N-methyl/N-ethyl adjacent to an activating group) is 1. The fraction of sp³-hybridized carbons (Fsp3) is 0.600. The standard InChI is InChI=1S/C25H36N4O3S/c1-5-28-12-6-7-22(28)16-26-25(30)20-10-13-29(14-11-20)24-19(4)23(33(31,32)27-24)21-9-8-17(2)18(3)15-21/h8-9,15,20,22H,5-7,10-14,16H2,1-4H3,(H,26,30). The maximum Gasteiger partial charge on any atom is 0.285 e. The van der Waals surface area contributed by atoms with Crippen molar-refractivity contribution in [1.82, 2.24) is 15.1 Å². The minimum Gasteiger partial charge on any atom is -0.356 e. The summed E-state index contributed by atoms with van der Waals surface area (Å²) in [5.41, 5.74) is 3.57. The Morgan fingerprint density at radius 3 is 2.48 bits per heavy atom. The molecule has 3 aliphatic rings. The van der Waals surface area contributed by atoms with Gasteiger partial charge in [-0.15, -0.1) is 4.40 Å². The third kappa shape index (κ3) is 4.87. The molecular formula is C25H36N4O3S. The van der Waals surface area contributed by atoms with Gasteiger partial charge in [0.25, 0.3) is 10.0 Å². The number of likely N-dealkylation sites (tertiary alicyclic amines) is 2. The Labute approximate surface area is 198 Å². The zero-order valence-corrected chi connectivity index (χ0v) is 21.0. The van der Waals surface area contributed by atoms with Gasteiger partial charge < -0.3 is 10.2 Å². The van der Waals surface area contributed by atoms with Gasteiger partial charge in [0.15, 0.2) is 0 Å². The van der Waals surface area contributed by atoms with Crippen molar-refractivity contribution in [2.75, 3.05) is 32.7 Å². The van der Waals surface area contributed by atoms with Gasteiger partial charge in [-0.25, -0.2) is 0 Å². The maximum atomic E-state index is 12.9. The summed E-state index contributed by atoms with van der Waals surface area (Å²) < 4.78 is 30.0. The molecule has 2 saturated heterocycles. The van der Waals surface area contributed by atoms with E-state index in [2.05, 4.69) is 21.5 Å². The molecule has 1 aromatic carbocycles. The van der Waals surface area contributed by atoms with E-state index in [0.717, 1.165) is 37.2 Å². The van der Waals surface area contributed by atoms with Crippen LogP contribution in [-0.4, -0.2) is 68.7 Å². The van der Waals surface area contributed by atoms with Crippen LogP contribution in [0.4, 0.5) is 0 Å². The first-order chi connectivity index (χ1) is 15.7. The first-order valence-electron chi connectivity index (χ1n) is 12.1. The Kier molecular flexibility index (Phi) is 6.96. The van der Waals surface area contributed by atoms with E-state index in [-0.39, 0.29) is 11.8 Å². The molecule has 1 atom stereocenters. The number of hydrogen-bond acceptors (Lipinski definition) is 5. The van der Waals surface area contributed by atoms with Gasteiger partial charge in [0.1, 0.15) is 10.7 Å². The highest BCUT2D eigenvalue weighted by Crippen LogP contribution is 2.35. The fourth-order valence-electron chi connectivity index (χ4n) is 5.32. The van der Waals surface area contributed by atoms with Crippen LogP contribution in [-0.2, 0) is 14.8 Å². The number of rotatable bonds is 5. The smallest absolute Gasteiger partial charge is 0.285 e. The van der Waals surface area contributed by atoms with Crippen LogP contribution in [0.25, 0.3) is 4.91 Å². The lowest BCUT2D eigenvalue weighted by Crippen LogP contribution is -2.46. The third-order valence-electron chi connectivity index (χ3n) is 7.49. The molecule has 8 heteroatoms. The van der Waals surface area contributed by atoms with Gasteiger partial charge in [0, 0.05) is 37.2 Å². The maximum absolute atomic E-state index is 12.9. The van der Waals surface area contributed by atoms with Crippen LogP contribution in [0.3, 0.4) is 0 Å². The first kappa shape index (κ1) is 24.0. The van der Waals surface area contributed by atoms with Crippen LogP contribution >= 0.6 is 0 Å². The molecule has 2 fully saturated rings. The lowest BCUT2D eigenvalue weighted by atomic mass is 9.95. The molecule has 3 aliphatic heterocycles. The van der Waals surface area contributed by atoms with E-state index >= 15 is 0 Å². The lowest BCUT2D eigenvalue weighted by Gasteiger charge is -2.33. The fourth-order valence-corrected chi connectivity index (χ4v) is 6.80. The summed E-state index contributed by atoms with van der Waals surface area (Å²) >= 11 is 0. The van der Waals surface area contributed by atoms with Gasteiger partial charge in [-0.1, -0.05) is 25.1 Å². The van der Waals surface area contributed by atoms with Crippen LogP contribution in [0.1, 0.15) is 56.2 Å². The second kappa shape index (κ2) is 9.58. The molecule has 33 heavy (non-hydrogen) atoms. The average Bonchev–Trinajstić information content (AvgIpc) is 3.35. The number of carbonyl (C=O) groups is 1. The van der Waals surface area contributed by atoms with E-state index in [9.17, 15) is 13.2 Å². The average molecular weight is 473 g/mol. The number of piperidine rings is 1. The molecule has 1 N–H and O–H groups in total. The Bertz CT molecular complexity index is 1080. The van der Waals surface area contributed by atoms with Crippen molar-refractivity contribution in [2.45, 2.75) is 59.4 Å². The third-order valence-corrected chi connectivity index (χ3v) is 8.96. The van der Waals surface area contributed by atoms with Crippen molar-refractivity contribution in [3.63, 3.8) is 0 Å². The summed E-state index contributed by atoms with van der Waals surface area (Å²) in [6.07, 6.45) is 3.77. The lowest BCUT2D eigenvalue weighted by molar-refractivity contribution is -0.126. The quantitative estimate of drug-likeness (QED) is 0.712. The summed E-state index contributed by atoms with van der Waals surface area (Å²) in [6, 6.07) is 6.19. The van der Waals surface area contributed by atoms with Crippen LogP contribution in [0, 0.1) is 19.8 Å². The second-order valence-electron chi connectivity index (χ2n) is 9.57. The molecule has 4 rings (SSSR count). The van der Waals surface area contributed by atoms with Gasteiger partial charge in [-0.2, -0.15) is 8.42 Å². The number of amidine groups is 1. The Balaban J connectivity index is 1.39. The van der Waals surface area contributed by atoms with E-state index in [0.29, 0.717) is 53.9 Å². The molecule has 1 aromatic rings. The summed E-state index contributed by atoms with van der Waals surface area (Å²) in [5.74, 6) is 0.633. The second-order valence-corrected chi connectivity index (χ2v) is 11.1. The Morgan fingerprint density at radius 1 is 1.09 bits per heavy atom. The highest BCUT2D eigenvalue weighted by atomic mass is 32.2. The van der Waals surface area contributed by atoms with Crippen molar-refractivity contribution < 1.29 is 13.2 Å². The van der Waals surface area contributed by atoms with E-state index in [1.54, 1.807) is 0 Å². The number of carbonyl (C=O) groups excluding carboxylic acids is 1. The minimum absolute atomic E-state index is 0.0279. The van der Waals surface area contributed by atoms with E-state index in [1.165, 1.54) is 6.42 Å². The van der Waals surface area contributed by atoms with Crippen molar-refractivity contribution in [3.05, 3.63) is 40.5 Å². The molecule has 0 aromatic heterocycles. The van der Waals surface area contributed by atoms with Crippen LogP contribution in [0.2, 0.25) is 0 Å². The van der Waals surface area contributed by atoms with Gasteiger partial charge in [0.05, 0.1) is 0 Å². The monoisotopic (exact) mass is 472 g/mol. The van der Waals surface area contributed by atoms with Gasteiger partial charge in [-0.05, 0) is 76.2 Å². The van der Waals surface area contributed by atoms with Crippen molar-refractivity contribution in [1.29, 1.82) is 0 Å². The van der Waals surface area contributed by atoms with Crippen LogP contribution in [0.15, 0.2) is 28.2 Å². The summed E-state index contributed by atoms with van der Waals surface area (Å²) in [4.78, 5) is 17.5. The molecular weight excluding hydrogens is 436 g/mol. The molecule has 3 heterocycles. The van der Waals surface area contributed by atoms with E-state index in [4.69, 9.17) is 0 Å². The van der Waals surface area contributed by atoms with Gasteiger partial charge in [0.2, 0.25) is 5.91 Å². The molecule has 7 nitrogen and oxygen atoms in total. The molecule has 0 saturated carbocycles. The number of benzene rings is 1. The number of nitrogens with one attached hydrogen (secondary N) is 1. The molecule has 1 unspecified atom stereocenters. The summed E-state index contributed by atoms with van der Waals surface area (Å²) in [5, 5.41) is 3.17. The Hall–Kier alpha value is -2.19. The first-order valence-corrected chi connectivity index (χ1v) is 13.6. The number of sulfonamides is 1. The van der Waals surface area contributed by atoms with Crippen molar-refractivity contribution in [2.24, 2.45) is 10.3 Å². The zero-order valence-electron chi connectivity index (χ0n) is 20.2. The number of aryl methyl sites for hydroxylation is 2. The van der Waals surface area contributed by atoms with Crippen molar-refractivity contribution in [3.8, 4) is 0 Å². The predicted octanol–water partition coefficient (Wildman–Crippen LogP) is 3.09. The normalized spacial score (nSPS) is 23.8. The van der Waals surface area contributed by atoms with Crippen LogP contribution < -0.4 is 5.32 Å².